The third-order valence-electron chi connectivity index (χ3n) is 4.91. The number of nitrogens with one attached hydrogen (secondary N) is 1. The molecule has 0 aliphatic carbocycles. The Morgan fingerprint density at radius 1 is 1.10 bits per heavy atom. The van der Waals surface area contributed by atoms with Gasteiger partial charge in [-0.1, -0.05) is 30.3 Å². The van der Waals surface area contributed by atoms with E-state index < -0.39 is 5.69 Å². The van der Waals surface area contributed by atoms with Gasteiger partial charge in [0.25, 0.3) is 5.56 Å². The topological polar surface area (TPSA) is 104 Å². The second-order valence-electron chi connectivity index (χ2n) is 6.94. The normalized spacial score (nSPS) is 11.4. The summed E-state index contributed by atoms with van der Waals surface area (Å²) in [5.74, 6) is 0.367. The summed E-state index contributed by atoms with van der Waals surface area (Å²) in [4.78, 5) is 38.5. The van der Waals surface area contributed by atoms with Gasteiger partial charge in [-0.3, -0.25) is 14.2 Å². The Morgan fingerprint density at radius 3 is 2.71 bits per heavy atom. The zero-order chi connectivity index (χ0) is 21.4. The van der Waals surface area contributed by atoms with Crippen molar-refractivity contribution < 1.29 is 9.21 Å². The molecule has 156 valence electrons. The SMILES string of the molecule is O=C(Cn1nc2n(Cc3ccco3)c(=O)c3sccc3n2c1=O)NCc1ccccc1. The lowest BCUT2D eigenvalue weighted by Gasteiger charge is -2.05. The van der Waals surface area contributed by atoms with Gasteiger partial charge in [0.2, 0.25) is 11.7 Å². The van der Waals surface area contributed by atoms with Crippen LogP contribution in [0.1, 0.15) is 11.3 Å². The van der Waals surface area contributed by atoms with Gasteiger partial charge in [-0.25, -0.2) is 13.9 Å². The molecule has 9 nitrogen and oxygen atoms in total. The number of carbonyl (C=O) groups is 1. The highest BCUT2D eigenvalue weighted by molar-refractivity contribution is 7.17. The standard InChI is InChI=1S/C21H17N5O4S/c27-17(22-11-14-5-2-1-3-6-14)13-25-21(29)26-16-8-10-31-18(16)19(28)24(20(26)23-25)12-15-7-4-9-30-15/h1-10H,11-13H2,(H,22,27). The predicted molar refractivity (Wildman–Crippen MR) is 115 cm³/mol. The monoisotopic (exact) mass is 435 g/mol. The van der Waals surface area contributed by atoms with Crippen molar-refractivity contribution in [3.8, 4) is 0 Å². The van der Waals surface area contributed by atoms with Crippen LogP contribution in [0.2, 0.25) is 0 Å². The third-order valence-corrected chi connectivity index (χ3v) is 5.80. The number of fused-ring (bicyclic) bond motifs is 3. The number of hydrogen-bond donors (Lipinski definition) is 1. The molecule has 0 saturated heterocycles. The Labute approximate surface area is 178 Å². The van der Waals surface area contributed by atoms with E-state index in [2.05, 4.69) is 10.4 Å². The molecule has 31 heavy (non-hydrogen) atoms. The van der Waals surface area contributed by atoms with Gasteiger partial charge in [-0.2, -0.15) is 0 Å². The van der Waals surface area contributed by atoms with E-state index in [0.29, 0.717) is 22.5 Å². The summed E-state index contributed by atoms with van der Waals surface area (Å²) in [5, 5.41) is 8.84. The van der Waals surface area contributed by atoms with Gasteiger partial charge >= 0.3 is 5.69 Å². The number of rotatable bonds is 6. The van der Waals surface area contributed by atoms with Gasteiger partial charge in [0, 0.05) is 6.54 Å². The van der Waals surface area contributed by atoms with Crippen LogP contribution in [0.15, 0.2) is 74.2 Å². The highest BCUT2D eigenvalue weighted by Crippen LogP contribution is 2.18. The molecular weight excluding hydrogens is 418 g/mol. The molecule has 0 radical (unpaired) electrons. The summed E-state index contributed by atoms with van der Waals surface area (Å²) < 4.78 is 9.63. The molecule has 4 heterocycles. The maximum atomic E-state index is 13.1. The Kier molecular flexibility index (Phi) is 4.75. The summed E-state index contributed by atoms with van der Waals surface area (Å²) in [5.41, 5.74) is 0.674. The number of furan rings is 1. The summed E-state index contributed by atoms with van der Waals surface area (Å²) in [6, 6.07) is 14.6. The molecule has 10 heteroatoms. The van der Waals surface area contributed by atoms with E-state index in [1.165, 1.54) is 26.6 Å². The van der Waals surface area contributed by atoms with Crippen molar-refractivity contribution in [2.24, 2.45) is 0 Å². The zero-order valence-corrected chi connectivity index (χ0v) is 17.0. The maximum Gasteiger partial charge on any atom is 0.352 e. The predicted octanol–water partition coefficient (Wildman–Crippen LogP) is 1.83. The Bertz CT molecular complexity index is 1490. The molecule has 1 N–H and O–H groups in total. The Hall–Kier alpha value is -3.92. The average Bonchev–Trinajstić information content (AvgIpc) is 3.52. The molecule has 4 aromatic heterocycles. The van der Waals surface area contributed by atoms with Gasteiger partial charge in [0.05, 0.1) is 18.3 Å². The minimum atomic E-state index is -0.485. The summed E-state index contributed by atoms with van der Waals surface area (Å²) in [6.45, 7) is 0.216. The molecule has 0 fully saturated rings. The fourth-order valence-electron chi connectivity index (χ4n) is 3.43. The first kappa shape index (κ1) is 19.1. The zero-order valence-electron chi connectivity index (χ0n) is 16.2. The van der Waals surface area contributed by atoms with E-state index in [-0.39, 0.29) is 30.3 Å². The van der Waals surface area contributed by atoms with E-state index in [9.17, 15) is 14.4 Å². The highest BCUT2D eigenvalue weighted by atomic mass is 32.1. The van der Waals surface area contributed by atoms with Crippen LogP contribution in [0.25, 0.3) is 16.0 Å². The molecule has 5 aromatic rings. The number of carbonyl (C=O) groups excluding carboxylic acids is 1. The Morgan fingerprint density at radius 2 is 1.94 bits per heavy atom. The molecule has 1 aromatic carbocycles. The fourth-order valence-corrected chi connectivity index (χ4v) is 4.25. The molecular formula is C21H17N5O4S. The van der Waals surface area contributed by atoms with Gasteiger partial charge < -0.3 is 9.73 Å². The number of benzene rings is 1. The molecule has 0 saturated carbocycles. The van der Waals surface area contributed by atoms with Crippen molar-refractivity contribution in [2.75, 3.05) is 0 Å². The number of thiophene rings is 1. The van der Waals surface area contributed by atoms with Crippen molar-refractivity contribution in [3.05, 3.63) is 92.3 Å². The van der Waals surface area contributed by atoms with E-state index in [0.717, 1.165) is 10.2 Å². The first-order valence-electron chi connectivity index (χ1n) is 9.54. The lowest BCUT2D eigenvalue weighted by atomic mass is 10.2. The smallest absolute Gasteiger partial charge is 0.352 e. The minimum absolute atomic E-state index is 0.125. The lowest BCUT2D eigenvalue weighted by molar-refractivity contribution is -0.122. The van der Waals surface area contributed by atoms with E-state index in [1.807, 2.05) is 30.3 Å². The minimum Gasteiger partial charge on any atom is -0.467 e. The van der Waals surface area contributed by atoms with Gasteiger partial charge in [-0.15, -0.1) is 16.4 Å². The molecule has 0 spiro atoms. The van der Waals surface area contributed by atoms with Crippen molar-refractivity contribution >= 4 is 33.2 Å². The highest BCUT2D eigenvalue weighted by Gasteiger charge is 2.20. The van der Waals surface area contributed by atoms with Crippen LogP contribution in [-0.4, -0.2) is 24.7 Å². The maximum absolute atomic E-state index is 13.1. The van der Waals surface area contributed by atoms with Gasteiger partial charge in [-0.05, 0) is 29.1 Å². The van der Waals surface area contributed by atoms with Crippen LogP contribution in [-0.2, 0) is 24.4 Å². The van der Waals surface area contributed by atoms with Gasteiger partial charge in [0.1, 0.15) is 17.0 Å². The van der Waals surface area contributed by atoms with Crippen molar-refractivity contribution in [1.82, 2.24) is 24.1 Å². The number of nitrogens with zero attached hydrogens (tertiary/aromatic N) is 4. The van der Waals surface area contributed by atoms with E-state index in [4.69, 9.17) is 4.42 Å². The van der Waals surface area contributed by atoms with Crippen LogP contribution < -0.4 is 16.6 Å². The van der Waals surface area contributed by atoms with Crippen LogP contribution in [0.5, 0.6) is 0 Å². The van der Waals surface area contributed by atoms with E-state index in [1.54, 1.807) is 23.6 Å². The van der Waals surface area contributed by atoms with Crippen molar-refractivity contribution in [3.63, 3.8) is 0 Å². The van der Waals surface area contributed by atoms with E-state index >= 15 is 0 Å². The van der Waals surface area contributed by atoms with Crippen molar-refractivity contribution in [2.45, 2.75) is 19.6 Å². The molecule has 0 atom stereocenters. The molecule has 0 bridgehead atoms. The molecule has 1 amide bonds. The second kappa shape index (κ2) is 7.73. The Balaban J connectivity index is 1.53. The van der Waals surface area contributed by atoms with Gasteiger partial charge in [0.15, 0.2) is 0 Å². The first-order valence-corrected chi connectivity index (χ1v) is 10.4. The first-order chi connectivity index (χ1) is 15.1. The average molecular weight is 435 g/mol. The molecule has 0 aliphatic rings. The van der Waals surface area contributed by atoms with Crippen molar-refractivity contribution in [1.29, 1.82) is 0 Å². The summed E-state index contributed by atoms with van der Waals surface area (Å²) in [7, 11) is 0. The van der Waals surface area contributed by atoms with Crippen LogP contribution in [0.4, 0.5) is 0 Å². The number of hydrogen-bond acceptors (Lipinski definition) is 6. The molecule has 0 aliphatic heterocycles. The fraction of sp³-hybridized carbons (Fsp3) is 0.143. The third kappa shape index (κ3) is 3.46. The summed E-state index contributed by atoms with van der Waals surface area (Å²) >= 11 is 1.25. The molecule has 5 rings (SSSR count). The van der Waals surface area contributed by atoms with Crippen LogP contribution in [0, 0.1) is 0 Å². The lowest BCUT2D eigenvalue weighted by Crippen LogP contribution is -2.32. The number of amides is 1. The number of aromatic nitrogens is 4. The van der Waals surface area contributed by atoms with Crippen LogP contribution in [0.3, 0.4) is 0 Å². The quantitative estimate of drug-likeness (QED) is 0.438. The second-order valence-corrected chi connectivity index (χ2v) is 7.86. The largest absolute Gasteiger partial charge is 0.467 e. The summed E-state index contributed by atoms with van der Waals surface area (Å²) in [6.07, 6.45) is 1.52. The van der Waals surface area contributed by atoms with Crippen LogP contribution >= 0.6 is 11.3 Å². The molecule has 0 unspecified atom stereocenters.